The van der Waals surface area contributed by atoms with Crippen molar-refractivity contribution in [3.63, 3.8) is 0 Å². The molecule has 2 aromatic carbocycles. The van der Waals surface area contributed by atoms with Crippen molar-refractivity contribution in [3.8, 4) is 11.1 Å². The van der Waals surface area contributed by atoms with Gasteiger partial charge in [0, 0.05) is 44.6 Å². The number of unbranched alkanes of at least 4 members (excludes halogenated alkanes) is 1. The molecule has 0 spiro atoms. The van der Waals surface area contributed by atoms with Crippen molar-refractivity contribution in [2.24, 2.45) is 17.4 Å². The Kier molecular flexibility index (Phi) is 16.7. The number of ketones is 2. The fourth-order valence-electron chi connectivity index (χ4n) is 5.12. The van der Waals surface area contributed by atoms with Crippen molar-refractivity contribution in [2.75, 3.05) is 6.54 Å². The minimum absolute atomic E-state index is 0.0607. The Labute approximate surface area is 280 Å². The van der Waals surface area contributed by atoms with Crippen LogP contribution in [0.2, 0.25) is 0 Å². The summed E-state index contributed by atoms with van der Waals surface area (Å²) in [5.74, 6) is -4.38. The third-order valence-corrected chi connectivity index (χ3v) is 7.78. The second-order valence-electron chi connectivity index (χ2n) is 12.0. The van der Waals surface area contributed by atoms with Crippen LogP contribution in [0.3, 0.4) is 0 Å². The van der Waals surface area contributed by atoms with Gasteiger partial charge in [0.1, 0.15) is 17.6 Å². The highest BCUT2D eigenvalue weighted by atomic mass is 16.4. The number of rotatable bonds is 23. The Hall–Kier alpha value is -4.91. The molecule has 2 aromatic rings. The smallest absolute Gasteiger partial charge is 0.326 e. The van der Waals surface area contributed by atoms with Crippen LogP contribution in [-0.2, 0) is 41.6 Å². The molecule has 0 aromatic heterocycles. The summed E-state index contributed by atoms with van der Waals surface area (Å²) in [6.07, 6.45) is 2.02. The van der Waals surface area contributed by atoms with Crippen molar-refractivity contribution in [1.29, 1.82) is 5.41 Å². The van der Waals surface area contributed by atoms with E-state index >= 15 is 0 Å². The molecule has 0 fully saturated rings. The fourth-order valence-corrected chi connectivity index (χ4v) is 5.12. The Morgan fingerprint density at radius 3 is 1.96 bits per heavy atom. The normalized spacial score (nSPS) is 12.7. The first-order valence-electron chi connectivity index (χ1n) is 16.1. The highest BCUT2D eigenvalue weighted by Crippen LogP contribution is 2.23. The summed E-state index contributed by atoms with van der Waals surface area (Å²) in [4.78, 5) is 72.3. The number of amidine groups is 1. The molecular formula is C35H47N5O8. The van der Waals surface area contributed by atoms with Crippen LogP contribution < -0.4 is 22.1 Å². The molecule has 0 aliphatic carbocycles. The first-order valence-corrected chi connectivity index (χ1v) is 16.1. The van der Waals surface area contributed by atoms with Crippen molar-refractivity contribution >= 4 is 41.2 Å². The summed E-state index contributed by atoms with van der Waals surface area (Å²) in [6, 6.07) is 13.1. The third kappa shape index (κ3) is 15.1. The van der Waals surface area contributed by atoms with Crippen LogP contribution in [0.15, 0.2) is 48.5 Å². The summed E-state index contributed by atoms with van der Waals surface area (Å²) in [6.45, 7) is 1.45. The SMILES string of the molecule is CC(=O)Cc1ccc(-c2ccc(C[C@@H](CC(=O)[C@@H](N)CCCCC(=N)N)C(=O)NCC[C@@H](NC(=O)CCCC(=O)O)C(=O)O)cc2)cc1. The molecule has 0 unspecified atom stereocenters. The van der Waals surface area contributed by atoms with E-state index in [1.807, 2.05) is 48.5 Å². The highest BCUT2D eigenvalue weighted by Gasteiger charge is 2.26. The van der Waals surface area contributed by atoms with Crippen LogP contribution in [0.25, 0.3) is 11.1 Å². The van der Waals surface area contributed by atoms with Crippen molar-refractivity contribution in [3.05, 3.63) is 59.7 Å². The van der Waals surface area contributed by atoms with Crippen LogP contribution in [0.5, 0.6) is 0 Å². The number of amides is 2. The van der Waals surface area contributed by atoms with Gasteiger partial charge in [-0.15, -0.1) is 0 Å². The average Bonchev–Trinajstić information content (AvgIpc) is 3.02. The third-order valence-electron chi connectivity index (χ3n) is 7.78. The number of carboxylic acids is 2. The van der Waals surface area contributed by atoms with E-state index in [0.717, 1.165) is 22.3 Å². The maximum atomic E-state index is 13.4. The zero-order valence-electron chi connectivity index (χ0n) is 27.3. The van der Waals surface area contributed by atoms with E-state index in [1.165, 1.54) is 0 Å². The van der Waals surface area contributed by atoms with Gasteiger partial charge in [0.25, 0.3) is 0 Å². The number of hydrogen-bond acceptors (Lipinski definition) is 8. The lowest BCUT2D eigenvalue weighted by atomic mass is 9.89. The molecule has 0 saturated heterocycles. The van der Waals surface area contributed by atoms with Crippen molar-refractivity contribution < 1.29 is 39.0 Å². The molecule has 9 N–H and O–H groups in total. The van der Waals surface area contributed by atoms with E-state index < -0.39 is 41.8 Å². The zero-order chi connectivity index (χ0) is 35.6. The molecule has 0 bridgehead atoms. The van der Waals surface area contributed by atoms with Crippen LogP contribution >= 0.6 is 0 Å². The second-order valence-corrected chi connectivity index (χ2v) is 12.0. The predicted molar refractivity (Wildman–Crippen MR) is 180 cm³/mol. The summed E-state index contributed by atoms with van der Waals surface area (Å²) in [5, 5.41) is 30.7. The van der Waals surface area contributed by atoms with Gasteiger partial charge >= 0.3 is 11.9 Å². The number of carbonyl (C=O) groups is 6. The largest absolute Gasteiger partial charge is 0.481 e. The Bertz CT molecular complexity index is 1430. The molecule has 0 aliphatic rings. The molecule has 0 saturated carbocycles. The lowest BCUT2D eigenvalue weighted by Gasteiger charge is -2.20. The number of aliphatic carboxylic acids is 2. The topological polar surface area (TPSA) is 243 Å². The van der Waals surface area contributed by atoms with Gasteiger partial charge in [-0.1, -0.05) is 55.0 Å². The van der Waals surface area contributed by atoms with Crippen LogP contribution in [-0.4, -0.2) is 70.0 Å². The first kappa shape index (κ1) is 39.3. The minimum atomic E-state index is -1.30. The van der Waals surface area contributed by atoms with Crippen LogP contribution in [0, 0.1) is 11.3 Å². The number of carboxylic acid groups (broad SMARTS) is 2. The quantitative estimate of drug-likeness (QED) is 0.0520. The highest BCUT2D eigenvalue weighted by molar-refractivity contribution is 5.90. The maximum Gasteiger partial charge on any atom is 0.326 e. The lowest BCUT2D eigenvalue weighted by molar-refractivity contribution is -0.142. The standard InChI is InChI=1S/C35H47N5O8/c1-22(41)19-23-9-13-25(14-10-23)26-15-11-24(12-16-26)20-27(21-30(42)28(36)5-2-3-6-31(37)38)34(46)39-18-17-29(35(47)48)40-32(43)7-4-8-33(44)45/h9-16,27-29H,2-8,17-21,36H2,1H3,(H3,37,38)(H,39,46)(H,40,43)(H,44,45)(H,47,48)/t27-,28-,29+/m0/s1. The number of carbonyl (C=O) groups excluding carboxylic acids is 4. The van der Waals surface area contributed by atoms with Gasteiger partial charge in [-0.05, 0) is 61.3 Å². The molecule has 13 nitrogen and oxygen atoms in total. The Morgan fingerprint density at radius 2 is 1.42 bits per heavy atom. The summed E-state index contributed by atoms with van der Waals surface area (Å²) in [7, 11) is 0. The molecule has 48 heavy (non-hydrogen) atoms. The molecule has 2 amide bonds. The van der Waals surface area contributed by atoms with E-state index in [4.69, 9.17) is 22.0 Å². The molecule has 0 radical (unpaired) electrons. The fraction of sp³-hybridized carbons (Fsp3) is 0.457. The van der Waals surface area contributed by atoms with Gasteiger partial charge in [0.15, 0.2) is 0 Å². The molecule has 260 valence electrons. The minimum Gasteiger partial charge on any atom is -0.481 e. The van der Waals surface area contributed by atoms with E-state index in [1.54, 1.807) is 6.92 Å². The molecule has 3 atom stereocenters. The first-order chi connectivity index (χ1) is 22.7. The van der Waals surface area contributed by atoms with Gasteiger partial charge in [0.2, 0.25) is 11.8 Å². The average molecular weight is 666 g/mol. The van der Waals surface area contributed by atoms with E-state index in [2.05, 4.69) is 10.6 Å². The van der Waals surface area contributed by atoms with Gasteiger partial charge in [-0.25, -0.2) is 4.79 Å². The van der Waals surface area contributed by atoms with Gasteiger partial charge in [-0.2, -0.15) is 0 Å². The monoisotopic (exact) mass is 665 g/mol. The van der Waals surface area contributed by atoms with E-state index in [9.17, 15) is 33.9 Å². The molecule has 0 aliphatic heterocycles. The number of nitrogens with one attached hydrogen (secondary N) is 3. The van der Waals surface area contributed by atoms with E-state index in [0.29, 0.717) is 32.1 Å². The summed E-state index contributed by atoms with van der Waals surface area (Å²) < 4.78 is 0. The molecular weight excluding hydrogens is 618 g/mol. The van der Waals surface area contributed by atoms with Crippen molar-refractivity contribution in [1.82, 2.24) is 10.6 Å². The number of benzene rings is 2. The zero-order valence-corrected chi connectivity index (χ0v) is 27.3. The number of nitrogens with two attached hydrogens (primary N) is 2. The molecule has 0 heterocycles. The Morgan fingerprint density at radius 1 is 0.812 bits per heavy atom. The number of hydrogen-bond donors (Lipinski definition) is 7. The maximum absolute atomic E-state index is 13.4. The summed E-state index contributed by atoms with van der Waals surface area (Å²) >= 11 is 0. The second kappa shape index (κ2) is 20.4. The number of Topliss-reactive ketones (excluding diaryl/α,β-unsaturated/α-hetero) is 2. The van der Waals surface area contributed by atoms with Gasteiger partial charge in [0.05, 0.1) is 11.9 Å². The van der Waals surface area contributed by atoms with Crippen LogP contribution in [0.4, 0.5) is 0 Å². The summed E-state index contributed by atoms with van der Waals surface area (Å²) in [5.41, 5.74) is 15.1. The van der Waals surface area contributed by atoms with Gasteiger partial charge in [-0.3, -0.25) is 29.4 Å². The van der Waals surface area contributed by atoms with Crippen molar-refractivity contribution in [2.45, 2.75) is 89.6 Å². The lowest BCUT2D eigenvalue weighted by Crippen LogP contribution is -2.44. The van der Waals surface area contributed by atoms with E-state index in [-0.39, 0.29) is 62.5 Å². The Balaban J connectivity index is 2.09. The van der Waals surface area contributed by atoms with Gasteiger partial charge < -0.3 is 32.3 Å². The van der Waals surface area contributed by atoms with Crippen LogP contribution in [0.1, 0.15) is 75.8 Å². The molecule has 2 rings (SSSR count). The molecule has 13 heteroatoms. The predicted octanol–water partition coefficient (Wildman–Crippen LogP) is 2.76.